The fourth-order valence-electron chi connectivity index (χ4n) is 2.18. The predicted octanol–water partition coefficient (Wildman–Crippen LogP) is 3.64. The van der Waals surface area contributed by atoms with Crippen LogP contribution in [0.15, 0.2) is 42.5 Å². The lowest BCUT2D eigenvalue weighted by molar-refractivity contribution is -0.130. The maximum atomic E-state index is 11.7. The van der Waals surface area contributed by atoms with Gasteiger partial charge >= 0.3 is 5.97 Å². The Morgan fingerprint density at radius 1 is 1.09 bits per heavy atom. The highest BCUT2D eigenvalue weighted by Gasteiger charge is 2.16. The van der Waals surface area contributed by atoms with Crippen LogP contribution < -0.4 is 9.47 Å². The van der Waals surface area contributed by atoms with E-state index in [1.807, 2.05) is 31.2 Å². The molecule has 0 aliphatic carbocycles. The van der Waals surface area contributed by atoms with Crippen molar-refractivity contribution >= 4 is 17.6 Å². The molecule has 0 aliphatic rings. The van der Waals surface area contributed by atoms with Crippen molar-refractivity contribution in [3.8, 4) is 11.5 Å². The van der Waals surface area contributed by atoms with Gasteiger partial charge in [-0.3, -0.25) is 0 Å². The molecular weight excluding hydrogens is 280 g/mol. The molecule has 2 aromatic carbocycles. The molecule has 0 aromatic heterocycles. The number of carboxylic acid groups (broad SMARTS) is 1. The molecule has 0 radical (unpaired) electrons. The van der Waals surface area contributed by atoms with Crippen molar-refractivity contribution in [3.63, 3.8) is 0 Å². The van der Waals surface area contributed by atoms with E-state index >= 15 is 0 Å². The van der Waals surface area contributed by atoms with Crippen LogP contribution in [-0.4, -0.2) is 25.3 Å². The molecule has 0 heterocycles. The van der Waals surface area contributed by atoms with Gasteiger partial charge in [-0.15, -0.1) is 0 Å². The fourth-order valence-corrected chi connectivity index (χ4v) is 2.18. The van der Waals surface area contributed by atoms with Crippen LogP contribution in [0.1, 0.15) is 16.7 Å². The maximum Gasteiger partial charge on any atom is 0.336 e. The summed E-state index contributed by atoms with van der Waals surface area (Å²) < 4.78 is 10.4. The van der Waals surface area contributed by atoms with E-state index in [0.717, 1.165) is 11.1 Å². The molecule has 0 atom stereocenters. The molecule has 22 heavy (non-hydrogen) atoms. The molecule has 0 unspecified atom stereocenters. The van der Waals surface area contributed by atoms with Gasteiger partial charge in [-0.05, 0) is 36.3 Å². The number of methoxy groups -OCH3 is 2. The number of hydrogen-bond acceptors (Lipinski definition) is 3. The molecule has 0 spiro atoms. The Morgan fingerprint density at radius 2 is 1.82 bits per heavy atom. The van der Waals surface area contributed by atoms with E-state index < -0.39 is 5.97 Å². The number of rotatable bonds is 5. The zero-order valence-corrected chi connectivity index (χ0v) is 12.8. The molecule has 2 rings (SSSR count). The van der Waals surface area contributed by atoms with E-state index in [0.29, 0.717) is 17.1 Å². The Morgan fingerprint density at radius 3 is 2.41 bits per heavy atom. The summed E-state index contributed by atoms with van der Waals surface area (Å²) >= 11 is 0. The van der Waals surface area contributed by atoms with Crippen molar-refractivity contribution in [2.45, 2.75) is 6.92 Å². The zero-order chi connectivity index (χ0) is 16.1. The number of aliphatic carboxylic acids is 1. The van der Waals surface area contributed by atoms with Crippen molar-refractivity contribution in [2.24, 2.45) is 0 Å². The summed E-state index contributed by atoms with van der Waals surface area (Å²) in [6.07, 6.45) is 1.65. The zero-order valence-electron chi connectivity index (χ0n) is 12.8. The molecule has 0 saturated carbocycles. The lowest BCUT2D eigenvalue weighted by Gasteiger charge is -2.11. The number of benzene rings is 2. The maximum absolute atomic E-state index is 11.7. The van der Waals surface area contributed by atoms with Crippen molar-refractivity contribution in [3.05, 3.63) is 59.2 Å². The van der Waals surface area contributed by atoms with Gasteiger partial charge in [0.1, 0.15) is 11.5 Å². The molecule has 1 N–H and O–H groups in total. The second-order valence-corrected chi connectivity index (χ2v) is 4.79. The van der Waals surface area contributed by atoms with Gasteiger partial charge < -0.3 is 14.6 Å². The molecule has 0 saturated heterocycles. The first-order valence-electron chi connectivity index (χ1n) is 6.80. The van der Waals surface area contributed by atoms with E-state index in [1.165, 1.54) is 7.11 Å². The van der Waals surface area contributed by atoms with Gasteiger partial charge in [0.15, 0.2) is 0 Å². The van der Waals surface area contributed by atoms with Crippen LogP contribution in [0.3, 0.4) is 0 Å². The highest BCUT2D eigenvalue weighted by molar-refractivity contribution is 6.21. The Bertz CT molecular complexity index is 717. The third-order valence-electron chi connectivity index (χ3n) is 3.42. The molecule has 2 aromatic rings. The van der Waals surface area contributed by atoms with Crippen LogP contribution in [0.2, 0.25) is 0 Å². The van der Waals surface area contributed by atoms with Crippen LogP contribution in [0.5, 0.6) is 11.5 Å². The summed E-state index contributed by atoms with van der Waals surface area (Å²) in [7, 11) is 3.06. The highest BCUT2D eigenvalue weighted by atomic mass is 16.5. The summed E-state index contributed by atoms with van der Waals surface area (Å²) in [4.78, 5) is 11.7. The Kier molecular flexibility index (Phi) is 4.84. The number of ether oxygens (including phenoxy) is 2. The van der Waals surface area contributed by atoms with Gasteiger partial charge in [-0.25, -0.2) is 4.79 Å². The van der Waals surface area contributed by atoms with E-state index in [-0.39, 0.29) is 5.57 Å². The first kappa shape index (κ1) is 15.6. The Hall–Kier alpha value is -2.75. The number of carboxylic acids is 1. The average molecular weight is 298 g/mol. The van der Waals surface area contributed by atoms with Gasteiger partial charge in [0.25, 0.3) is 0 Å². The van der Waals surface area contributed by atoms with Crippen LogP contribution in [0.25, 0.3) is 11.6 Å². The molecule has 114 valence electrons. The summed E-state index contributed by atoms with van der Waals surface area (Å²) in [5, 5.41) is 9.57. The summed E-state index contributed by atoms with van der Waals surface area (Å²) in [6.45, 7) is 1.94. The minimum atomic E-state index is -1.01. The normalized spacial score (nSPS) is 11.1. The molecule has 0 aliphatic heterocycles. The number of carbonyl (C=O) groups is 1. The molecule has 4 heteroatoms. The number of hydrogen-bond donors (Lipinski definition) is 1. The second kappa shape index (κ2) is 6.80. The molecule has 4 nitrogen and oxygen atoms in total. The smallest absolute Gasteiger partial charge is 0.336 e. The van der Waals surface area contributed by atoms with Gasteiger partial charge in [0.05, 0.1) is 19.8 Å². The molecular formula is C18H18O4. The van der Waals surface area contributed by atoms with Crippen molar-refractivity contribution in [1.82, 2.24) is 0 Å². The lowest BCUT2D eigenvalue weighted by atomic mass is 9.99. The van der Waals surface area contributed by atoms with E-state index in [2.05, 4.69) is 0 Å². The van der Waals surface area contributed by atoms with E-state index in [4.69, 9.17) is 9.47 Å². The minimum absolute atomic E-state index is 0.175. The summed E-state index contributed by atoms with van der Waals surface area (Å²) in [5.41, 5.74) is 2.55. The standard InChI is InChI=1S/C18H18O4/c1-12-6-4-5-7-13(12)10-16(18(19)20)15-9-8-14(21-2)11-17(15)22-3/h4-11H,1-3H3,(H,19,20)/b16-10-. The average Bonchev–Trinajstić information content (AvgIpc) is 2.53. The van der Waals surface area contributed by atoms with Crippen molar-refractivity contribution < 1.29 is 19.4 Å². The van der Waals surface area contributed by atoms with Crippen LogP contribution in [0.4, 0.5) is 0 Å². The SMILES string of the molecule is COc1ccc(/C(=C/c2ccccc2C)C(=O)O)c(OC)c1. The topological polar surface area (TPSA) is 55.8 Å². The second-order valence-electron chi connectivity index (χ2n) is 4.79. The third kappa shape index (κ3) is 3.28. The first-order valence-corrected chi connectivity index (χ1v) is 6.80. The van der Waals surface area contributed by atoms with Gasteiger partial charge in [0, 0.05) is 11.6 Å². The van der Waals surface area contributed by atoms with Crippen LogP contribution >= 0.6 is 0 Å². The first-order chi connectivity index (χ1) is 10.6. The third-order valence-corrected chi connectivity index (χ3v) is 3.42. The molecule has 0 bridgehead atoms. The lowest BCUT2D eigenvalue weighted by Crippen LogP contribution is -2.02. The van der Waals surface area contributed by atoms with Gasteiger partial charge in [-0.1, -0.05) is 24.3 Å². The Labute approximate surface area is 129 Å². The summed E-state index contributed by atoms with van der Waals surface area (Å²) in [6, 6.07) is 12.7. The van der Waals surface area contributed by atoms with E-state index in [9.17, 15) is 9.90 Å². The number of aryl methyl sites for hydroxylation is 1. The summed E-state index contributed by atoms with van der Waals surface area (Å²) in [5.74, 6) is 0.0644. The highest BCUT2D eigenvalue weighted by Crippen LogP contribution is 2.31. The fraction of sp³-hybridized carbons (Fsp3) is 0.167. The van der Waals surface area contributed by atoms with E-state index in [1.54, 1.807) is 31.4 Å². The van der Waals surface area contributed by atoms with Gasteiger partial charge in [-0.2, -0.15) is 0 Å². The van der Waals surface area contributed by atoms with Crippen molar-refractivity contribution in [1.29, 1.82) is 0 Å². The molecule has 0 fully saturated rings. The largest absolute Gasteiger partial charge is 0.497 e. The minimum Gasteiger partial charge on any atom is -0.497 e. The quantitative estimate of drug-likeness (QED) is 0.676. The van der Waals surface area contributed by atoms with Crippen molar-refractivity contribution in [2.75, 3.05) is 14.2 Å². The predicted molar refractivity (Wildman–Crippen MR) is 86.2 cm³/mol. The van der Waals surface area contributed by atoms with Gasteiger partial charge in [0.2, 0.25) is 0 Å². The van der Waals surface area contributed by atoms with Crippen LogP contribution in [-0.2, 0) is 4.79 Å². The monoisotopic (exact) mass is 298 g/mol. The molecule has 0 amide bonds. The Balaban J connectivity index is 2.58. The van der Waals surface area contributed by atoms with Crippen LogP contribution in [0, 0.1) is 6.92 Å².